The summed E-state index contributed by atoms with van der Waals surface area (Å²) in [5, 5.41) is 11.4. The van der Waals surface area contributed by atoms with Gasteiger partial charge in [0.25, 0.3) is 11.6 Å². The molecule has 3 rings (SSSR count). The Morgan fingerprint density at radius 3 is 2.83 bits per heavy atom. The quantitative estimate of drug-likeness (QED) is 0.365. The minimum absolute atomic E-state index is 0.0409. The molecule has 7 nitrogen and oxygen atoms in total. The summed E-state index contributed by atoms with van der Waals surface area (Å²) >= 11 is 1.25. The number of benzene rings is 2. The number of carbonyl (C=O) groups excluding carboxylic acids is 1. The van der Waals surface area contributed by atoms with Crippen molar-refractivity contribution in [2.45, 2.75) is 0 Å². The summed E-state index contributed by atoms with van der Waals surface area (Å²) in [4.78, 5) is 30.5. The molecule has 1 aromatic heterocycles. The number of fused-ring (bicyclic) bond motifs is 1. The van der Waals surface area contributed by atoms with Crippen molar-refractivity contribution in [2.75, 3.05) is 32.1 Å². The molecular weight excluding hydrogens is 395 g/mol. The summed E-state index contributed by atoms with van der Waals surface area (Å²) in [7, 11) is 3.96. The number of rotatable bonds is 7. The summed E-state index contributed by atoms with van der Waals surface area (Å²) in [5.41, 5.74) is 1.14. The maximum atomic E-state index is 13.5. The second kappa shape index (κ2) is 8.89. The van der Waals surface area contributed by atoms with Crippen LogP contribution in [0.15, 0.2) is 48.5 Å². The third-order valence-electron chi connectivity index (χ3n) is 4.17. The number of likely N-dealkylation sites (N-methyl/N-ethyl adjacent to an activating group) is 1. The Hall–Kier alpha value is -3.17. The SMILES string of the molecule is C[NH+](C)CCN(C(=O)/C=C/c1cccc([N+](=O)[O-])c1)c1nc2ccc(F)cc2s1. The number of carbonyl (C=O) groups is 1. The van der Waals surface area contributed by atoms with E-state index in [0.29, 0.717) is 34.0 Å². The molecule has 1 amide bonds. The molecule has 9 heteroatoms. The van der Waals surface area contributed by atoms with Gasteiger partial charge in [0.15, 0.2) is 5.13 Å². The number of nitrogens with one attached hydrogen (secondary N) is 1. The van der Waals surface area contributed by atoms with Crippen LogP contribution in [-0.4, -0.2) is 43.0 Å². The highest BCUT2D eigenvalue weighted by Gasteiger charge is 2.19. The van der Waals surface area contributed by atoms with Crippen LogP contribution in [0, 0.1) is 15.9 Å². The summed E-state index contributed by atoms with van der Waals surface area (Å²) in [5.74, 6) is -0.647. The van der Waals surface area contributed by atoms with Crippen molar-refractivity contribution in [3.63, 3.8) is 0 Å². The van der Waals surface area contributed by atoms with Gasteiger partial charge in [-0.2, -0.15) is 0 Å². The third-order valence-corrected chi connectivity index (χ3v) is 5.21. The fraction of sp³-hybridized carbons (Fsp3) is 0.200. The molecule has 0 bridgehead atoms. The molecule has 0 radical (unpaired) electrons. The molecule has 0 fully saturated rings. The van der Waals surface area contributed by atoms with E-state index in [-0.39, 0.29) is 17.4 Å². The molecule has 150 valence electrons. The van der Waals surface area contributed by atoms with Crippen molar-refractivity contribution < 1.29 is 19.0 Å². The Morgan fingerprint density at radius 1 is 1.31 bits per heavy atom. The molecule has 0 spiro atoms. The average Bonchev–Trinajstić information content (AvgIpc) is 3.09. The van der Waals surface area contributed by atoms with Crippen LogP contribution < -0.4 is 9.80 Å². The molecule has 0 saturated heterocycles. The molecule has 29 heavy (non-hydrogen) atoms. The lowest BCUT2D eigenvalue weighted by Crippen LogP contribution is -3.06. The van der Waals surface area contributed by atoms with E-state index in [2.05, 4.69) is 4.98 Å². The summed E-state index contributed by atoms with van der Waals surface area (Å²) < 4.78 is 14.2. The molecule has 0 aliphatic heterocycles. The standard InChI is InChI=1S/C20H19FN4O3S/c1-23(2)10-11-24(20-22-17-8-7-15(21)13-18(17)29-20)19(26)9-6-14-4-3-5-16(12-14)25(27)28/h3-9,12-13H,10-11H2,1-2H3/p+1/b9-6+. The van der Waals surface area contributed by atoms with Gasteiger partial charge in [0.2, 0.25) is 0 Å². The molecule has 0 saturated carbocycles. The normalized spacial score (nSPS) is 11.4. The number of non-ortho nitro benzene ring substituents is 1. The van der Waals surface area contributed by atoms with E-state index in [1.165, 1.54) is 47.8 Å². The van der Waals surface area contributed by atoms with E-state index in [0.717, 1.165) is 4.90 Å². The van der Waals surface area contributed by atoms with Crippen molar-refractivity contribution in [3.05, 3.63) is 70.0 Å². The number of quaternary nitrogens is 1. The fourth-order valence-corrected chi connectivity index (χ4v) is 3.66. The Bertz CT molecular complexity index is 1080. The van der Waals surface area contributed by atoms with Crippen molar-refractivity contribution in [1.29, 1.82) is 0 Å². The number of thiazole rings is 1. The Morgan fingerprint density at radius 2 is 2.10 bits per heavy atom. The van der Waals surface area contributed by atoms with Crippen LogP contribution in [0.2, 0.25) is 0 Å². The predicted octanol–water partition coefficient (Wildman–Crippen LogP) is 2.53. The van der Waals surface area contributed by atoms with Gasteiger partial charge in [0.05, 0.1) is 42.3 Å². The monoisotopic (exact) mass is 415 g/mol. The average molecular weight is 415 g/mol. The number of anilines is 1. The Balaban J connectivity index is 1.87. The number of halogens is 1. The Labute approximate surface area is 170 Å². The van der Waals surface area contributed by atoms with Crippen LogP contribution >= 0.6 is 11.3 Å². The number of nitrogens with zero attached hydrogens (tertiary/aromatic N) is 3. The van der Waals surface area contributed by atoms with E-state index in [4.69, 9.17) is 0 Å². The van der Waals surface area contributed by atoms with Crippen molar-refractivity contribution >= 4 is 44.4 Å². The van der Waals surface area contributed by atoms with Gasteiger partial charge in [-0.1, -0.05) is 23.5 Å². The highest BCUT2D eigenvalue weighted by Crippen LogP contribution is 2.29. The van der Waals surface area contributed by atoms with Gasteiger partial charge in [-0.15, -0.1) is 0 Å². The lowest BCUT2D eigenvalue weighted by molar-refractivity contribution is -0.856. The molecule has 0 atom stereocenters. The highest BCUT2D eigenvalue weighted by atomic mass is 32.1. The molecule has 0 aliphatic rings. The van der Waals surface area contributed by atoms with Crippen molar-refractivity contribution in [2.24, 2.45) is 0 Å². The van der Waals surface area contributed by atoms with Gasteiger partial charge in [0, 0.05) is 18.2 Å². The predicted molar refractivity (Wildman–Crippen MR) is 112 cm³/mol. The zero-order valence-corrected chi connectivity index (χ0v) is 16.8. The summed E-state index contributed by atoms with van der Waals surface area (Å²) in [6, 6.07) is 10.4. The van der Waals surface area contributed by atoms with E-state index in [9.17, 15) is 19.3 Å². The van der Waals surface area contributed by atoms with Gasteiger partial charge in [0.1, 0.15) is 5.82 Å². The number of hydrogen-bond acceptors (Lipinski definition) is 5. The number of nitro groups is 1. The van der Waals surface area contributed by atoms with Crippen LogP contribution in [-0.2, 0) is 4.79 Å². The van der Waals surface area contributed by atoms with Crippen LogP contribution in [0.5, 0.6) is 0 Å². The molecule has 2 aromatic carbocycles. The van der Waals surface area contributed by atoms with Gasteiger partial charge in [-0.3, -0.25) is 19.8 Å². The van der Waals surface area contributed by atoms with Crippen LogP contribution in [0.25, 0.3) is 16.3 Å². The molecule has 1 N–H and O–H groups in total. The maximum absolute atomic E-state index is 13.5. The van der Waals surface area contributed by atoms with E-state index in [1.807, 2.05) is 14.1 Å². The first-order chi connectivity index (χ1) is 13.8. The number of aromatic nitrogens is 1. The fourth-order valence-electron chi connectivity index (χ4n) is 2.64. The summed E-state index contributed by atoms with van der Waals surface area (Å²) in [6.07, 6.45) is 2.91. The topological polar surface area (TPSA) is 80.8 Å². The van der Waals surface area contributed by atoms with Crippen LogP contribution in [0.3, 0.4) is 0 Å². The molecule has 1 heterocycles. The second-order valence-electron chi connectivity index (χ2n) is 6.74. The zero-order chi connectivity index (χ0) is 21.0. The van der Waals surface area contributed by atoms with Gasteiger partial charge in [-0.05, 0) is 29.8 Å². The smallest absolute Gasteiger partial charge is 0.270 e. The van der Waals surface area contributed by atoms with Gasteiger partial charge in [-0.25, -0.2) is 9.37 Å². The van der Waals surface area contributed by atoms with Crippen LogP contribution in [0.4, 0.5) is 15.2 Å². The zero-order valence-electron chi connectivity index (χ0n) is 16.0. The van der Waals surface area contributed by atoms with E-state index < -0.39 is 4.92 Å². The number of hydrogen-bond donors (Lipinski definition) is 1. The lowest BCUT2D eigenvalue weighted by Gasteiger charge is -2.19. The lowest BCUT2D eigenvalue weighted by atomic mass is 10.2. The number of amides is 1. The molecule has 0 aliphatic carbocycles. The first-order valence-electron chi connectivity index (χ1n) is 8.92. The first-order valence-corrected chi connectivity index (χ1v) is 9.74. The van der Waals surface area contributed by atoms with E-state index in [1.54, 1.807) is 23.1 Å². The maximum Gasteiger partial charge on any atom is 0.270 e. The second-order valence-corrected chi connectivity index (χ2v) is 7.75. The highest BCUT2D eigenvalue weighted by molar-refractivity contribution is 7.22. The van der Waals surface area contributed by atoms with Gasteiger partial charge < -0.3 is 4.90 Å². The minimum Gasteiger partial charge on any atom is -0.338 e. The largest absolute Gasteiger partial charge is 0.338 e. The summed E-state index contributed by atoms with van der Waals surface area (Å²) in [6.45, 7) is 1.13. The molecule has 0 unspecified atom stereocenters. The minimum atomic E-state index is -0.481. The third kappa shape index (κ3) is 5.21. The number of nitro benzene ring substituents is 1. The van der Waals surface area contributed by atoms with Gasteiger partial charge >= 0.3 is 0 Å². The first kappa shape index (κ1) is 20.6. The molecule has 3 aromatic rings. The Kier molecular flexibility index (Phi) is 6.30. The van der Waals surface area contributed by atoms with Crippen molar-refractivity contribution in [1.82, 2.24) is 4.98 Å². The van der Waals surface area contributed by atoms with Crippen LogP contribution in [0.1, 0.15) is 5.56 Å². The molecular formula is C20H20FN4O3S+. The van der Waals surface area contributed by atoms with Crippen molar-refractivity contribution in [3.8, 4) is 0 Å². The van der Waals surface area contributed by atoms with E-state index >= 15 is 0 Å².